The number of aryl methyl sites for hydroxylation is 1. The van der Waals surface area contributed by atoms with Crippen molar-refractivity contribution < 1.29 is 15.0 Å². The van der Waals surface area contributed by atoms with E-state index in [1.165, 1.54) is 0 Å². The van der Waals surface area contributed by atoms with Gasteiger partial charge in [0.2, 0.25) is 5.91 Å². The number of nitrogens with one attached hydrogen (secondary N) is 1. The van der Waals surface area contributed by atoms with Gasteiger partial charge < -0.3 is 20.4 Å². The fourth-order valence-corrected chi connectivity index (χ4v) is 4.00. The molecule has 6 nitrogen and oxygen atoms in total. The first-order chi connectivity index (χ1) is 13.9. The van der Waals surface area contributed by atoms with Crippen LogP contribution in [-0.4, -0.2) is 46.8 Å². The number of nitrogens with zero attached hydrogens (tertiary/aromatic N) is 2. The van der Waals surface area contributed by atoms with Crippen LogP contribution in [0.25, 0.3) is 0 Å². The molecule has 1 aliphatic heterocycles. The number of carbonyl (C=O) groups is 1. The summed E-state index contributed by atoms with van der Waals surface area (Å²) in [6.07, 6.45) is -0.603. The molecule has 7 heteroatoms. The van der Waals surface area contributed by atoms with Gasteiger partial charge in [-0.1, -0.05) is 35.9 Å². The Hall–Kier alpha value is -2.59. The van der Waals surface area contributed by atoms with Crippen molar-refractivity contribution in [2.75, 3.05) is 25.0 Å². The Morgan fingerprint density at radius 1 is 1.34 bits per heavy atom. The number of halogens is 1. The Labute approximate surface area is 175 Å². The van der Waals surface area contributed by atoms with Crippen molar-refractivity contribution in [3.8, 4) is 6.07 Å². The van der Waals surface area contributed by atoms with Crippen LogP contribution in [-0.2, 0) is 4.79 Å². The fraction of sp³-hybridized carbons (Fsp3) is 0.364. The summed E-state index contributed by atoms with van der Waals surface area (Å²) >= 11 is 6.19. The average Bonchev–Trinajstić information content (AvgIpc) is 3.07. The molecular formula is C22H24ClN3O3. The van der Waals surface area contributed by atoms with Gasteiger partial charge in [-0.25, -0.2) is 0 Å². The van der Waals surface area contributed by atoms with Crippen molar-refractivity contribution in [2.24, 2.45) is 5.92 Å². The molecule has 3 rings (SSSR count). The van der Waals surface area contributed by atoms with E-state index in [9.17, 15) is 9.90 Å². The third kappa shape index (κ3) is 4.88. The van der Waals surface area contributed by atoms with Crippen LogP contribution in [0.2, 0.25) is 5.02 Å². The summed E-state index contributed by atoms with van der Waals surface area (Å²) < 4.78 is 0. The van der Waals surface area contributed by atoms with Crippen molar-refractivity contribution in [2.45, 2.75) is 25.5 Å². The van der Waals surface area contributed by atoms with Gasteiger partial charge in [0.05, 0.1) is 29.3 Å². The standard InChI is InChI=1S/C22H24ClN3O3/c1-14-4-2-3-5-19(14)22(25-17-7-6-15(10-24)20(23)9-17)16-8-21(29)26(11-16)12-18(28)13-27/h2-7,9,16,18,22,25,27-28H,8,11-13H2,1H3/t16-,18?,22?/m0/s1. The minimum atomic E-state index is -0.945. The summed E-state index contributed by atoms with van der Waals surface area (Å²) in [5, 5.41) is 31.8. The molecular weight excluding hydrogens is 390 g/mol. The molecule has 1 aliphatic rings. The molecule has 2 unspecified atom stereocenters. The van der Waals surface area contributed by atoms with Crippen molar-refractivity contribution in [3.63, 3.8) is 0 Å². The van der Waals surface area contributed by atoms with E-state index in [4.69, 9.17) is 22.0 Å². The molecule has 2 aromatic rings. The third-order valence-corrected chi connectivity index (χ3v) is 5.61. The van der Waals surface area contributed by atoms with Gasteiger partial charge in [-0.3, -0.25) is 4.79 Å². The van der Waals surface area contributed by atoms with Crippen molar-refractivity contribution >= 4 is 23.2 Å². The maximum Gasteiger partial charge on any atom is 0.223 e. The Morgan fingerprint density at radius 2 is 2.10 bits per heavy atom. The molecule has 3 N–H and O–H groups in total. The number of β-amino-alcohol motifs (C(OH)–C–C–N with tert-alkyl or cyclic N) is 1. The van der Waals surface area contributed by atoms with Crippen LogP contribution in [0, 0.1) is 24.2 Å². The Balaban J connectivity index is 1.89. The second-order valence-electron chi connectivity index (χ2n) is 7.38. The zero-order valence-electron chi connectivity index (χ0n) is 16.2. The largest absolute Gasteiger partial charge is 0.394 e. The summed E-state index contributed by atoms with van der Waals surface area (Å²) in [5.41, 5.74) is 3.36. The number of hydrogen-bond acceptors (Lipinski definition) is 5. The van der Waals surface area contributed by atoms with Crippen LogP contribution in [0.5, 0.6) is 0 Å². The average molecular weight is 414 g/mol. The van der Waals surface area contributed by atoms with E-state index in [1.807, 2.05) is 31.2 Å². The molecule has 0 bridgehead atoms. The van der Waals surface area contributed by atoms with Crippen molar-refractivity contribution in [3.05, 3.63) is 64.2 Å². The van der Waals surface area contributed by atoms with Crippen molar-refractivity contribution in [1.82, 2.24) is 4.90 Å². The van der Waals surface area contributed by atoms with Crippen LogP contribution in [0.15, 0.2) is 42.5 Å². The van der Waals surface area contributed by atoms with Crippen LogP contribution in [0.3, 0.4) is 0 Å². The van der Waals surface area contributed by atoms with Gasteiger partial charge in [-0.15, -0.1) is 0 Å². The SMILES string of the molecule is Cc1ccccc1C(Nc1ccc(C#N)c(Cl)c1)[C@H]1CC(=O)N(CC(O)CO)C1. The molecule has 1 amide bonds. The Kier molecular flexibility index (Phi) is 6.75. The highest BCUT2D eigenvalue weighted by molar-refractivity contribution is 6.32. The zero-order valence-corrected chi connectivity index (χ0v) is 16.9. The molecule has 29 heavy (non-hydrogen) atoms. The molecule has 1 saturated heterocycles. The number of nitriles is 1. The topological polar surface area (TPSA) is 96.6 Å². The minimum Gasteiger partial charge on any atom is -0.394 e. The number of anilines is 1. The predicted octanol–water partition coefficient (Wildman–Crippen LogP) is 2.88. The number of likely N-dealkylation sites (tertiary alicyclic amines) is 1. The Bertz CT molecular complexity index is 928. The van der Waals surface area contributed by atoms with Crippen LogP contribution in [0.1, 0.15) is 29.2 Å². The molecule has 1 fully saturated rings. The first-order valence-corrected chi connectivity index (χ1v) is 9.89. The molecule has 2 aromatic carbocycles. The van der Waals surface area contributed by atoms with Gasteiger partial charge >= 0.3 is 0 Å². The first kappa shape index (κ1) is 21.1. The highest BCUT2D eigenvalue weighted by atomic mass is 35.5. The summed E-state index contributed by atoms with van der Waals surface area (Å²) in [6.45, 7) is 2.25. The van der Waals surface area contributed by atoms with E-state index >= 15 is 0 Å². The lowest BCUT2D eigenvalue weighted by Gasteiger charge is -2.28. The second-order valence-corrected chi connectivity index (χ2v) is 7.79. The van der Waals surface area contributed by atoms with E-state index in [0.29, 0.717) is 23.6 Å². The number of rotatable bonds is 7. The van der Waals surface area contributed by atoms with E-state index < -0.39 is 6.10 Å². The van der Waals surface area contributed by atoms with Gasteiger partial charge in [-0.05, 0) is 36.2 Å². The van der Waals surface area contributed by atoms with E-state index in [0.717, 1.165) is 16.8 Å². The number of amides is 1. The van der Waals surface area contributed by atoms with E-state index in [2.05, 4.69) is 11.4 Å². The highest BCUT2D eigenvalue weighted by Gasteiger charge is 2.36. The monoisotopic (exact) mass is 413 g/mol. The van der Waals surface area contributed by atoms with Crippen molar-refractivity contribution in [1.29, 1.82) is 5.26 Å². The molecule has 0 saturated carbocycles. The number of hydrogen-bond donors (Lipinski definition) is 3. The van der Waals surface area contributed by atoms with Gasteiger partial charge in [0.15, 0.2) is 0 Å². The summed E-state index contributed by atoms with van der Waals surface area (Å²) in [5.74, 6) is -0.0651. The lowest BCUT2D eigenvalue weighted by atomic mass is 9.89. The zero-order chi connectivity index (χ0) is 21.0. The minimum absolute atomic E-state index is 0.0242. The molecule has 0 aromatic heterocycles. The van der Waals surface area contributed by atoms with E-state index in [-0.39, 0.29) is 31.0 Å². The molecule has 0 spiro atoms. The fourth-order valence-electron chi connectivity index (χ4n) is 3.77. The quantitative estimate of drug-likeness (QED) is 0.648. The summed E-state index contributed by atoms with van der Waals surface area (Å²) in [4.78, 5) is 14.1. The van der Waals surface area contributed by atoms with E-state index in [1.54, 1.807) is 23.1 Å². The maximum atomic E-state index is 12.5. The van der Waals surface area contributed by atoms with Gasteiger partial charge in [0.1, 0.15) is 6.07 Å². The number of aliphatic hydroxyl groups is 2. The third-order valence-electron chi connectivity index (χ3n) is 5.29. The van der Waals surface area contributed by atoms with Gasteiger partial charge in [0, 0.05) is 31.1 Å². The number of aliphatic hydroxyl groups excluding tert-OH is 2. The molecule has 3 atom stereocenters. The molecule has 0 radical (unpaired) electrons. The molecule has 152 valence electrons. The lowest BCUT2D eigenvalue weighted by molar-refractivity contribution is -0.129. The first-order valence-electron chi connectivity index (χ1n) is 9.51. The van der Waals surface area contributed by atoms with Gasteiger partial charge in [-0.2, -0.15) is 5.26 Å². The lowest BCUT2D eigenvalue weighted by Crippen LogP contribution is -2.36. The molecule has 0 aliphatic carbocycles. The molecule has 1 heterocycles. The van der Waals surface area contributed by atoms with Crippen LogP contribution >= 0.6 is 11.6 Å². The Morgan fingerprint density at radius 3 is 2.76 bits per heavy atom. The predicted molar refractivity (Wildman–Crippen MR) is 111 cm³/mol. The van der Waals surface area contributed by atoms with Crippen LogP contribution < -0.4 is 5.32 Å². The maximum absolute atomic E-state index is 12.5. The second kappa shape index (κ2) is 9.27. The smallest absolute Gasteiger partial charge is 0.223 e. The van der Waals surface area contributed by atoms with Crippen LogP contribution in [0.4, 0.5) is 5.69 Å². The normalized spacial score (nSPS) is 18.4. The highest BCUT2D eigenvalue weighted by Crippen LogP contribution is 2.36. The van der Waals surface area contributed by atoms with Gasteiger partial charge in [0.25, 0.3) is 0 Å². The number of carbonyl (C=O) groups excluding carboxylic acids is 1. The number of benzene rings is 2. The summed E-state index contributed by atoms with van der Waals surface area (Å²) in [7, 11) is 0. The summed E-state index contributed by atoms with van der Waals surface area (Å²) in [6, 6.07) is 15.1.